The van der Waals surface area contributed by atoms with E-state index < -0.39 is 0 Å². The molecule has 0 unspecified atom stereocenters. The maximum atomic E-state index is 11.4. The second-order valence-corrected chi connectivity index (χ2v) is 4.99. The lowest BCUT2D eigenvalue weighted by Gasteiger charge is -2.05. The molecule has 0 saturated carbocycles. The zero-order valence-electron chi connectivity index (χ0n) is 11.0. The Morgan fingerprint density at radius 3 is 2.05 bits per heavy atom. The molecule has 0 radical (unpaired) electrons. The molecule has 3 aromatic carbocycles. The molecular formula is C18H12O2. The minimum atomic E-state index is 0.655. The number of aryl methyl sites for hydroxylation is 1. The van der Waals surface area contributed by atoms with Crippen molar-refractivity contribution in [3.63, 3.8) is 0 Å². The third kappa shape index (κ3) is 1.31. The summed E-state index contributed by atoms with van der Waals surface area (Å²) >= 11 is 0. The largest absolute Gasteiger partial charge is 0.460 e. The maximum Gasteiger partial charge on any atom is 0.154 e. The van der Waals surface area contributed by atoms with E-state index >= 15 is 0 Å². The number of hydrogen-bond acceptors (Lipinski definition) is 2. The van der Waals surface area contributed by atoms with Crippen LogP contribution in [0.1, 0.15) is 16.1 Å². The summed E-state index contributed by atoms with van der Waals surface area (Å²) in [4.78, 5) is 11.4. The van der Waals surface area contributed by atoms with E-state index in [4.69, 9.17) is 4.42 Å². The Morgan fingerprint density at radius 1 is 0.850 bits per heavy atom. The molecule has 0 amide bonds. The van der Waals surface area contributed by atoms with Gasteiger partial charge in [-0.1, -0.05) is 48.5 Å². The van der Waals surface area contributed by atoms with Gasteiger partial charge in [0.1, 0.15) is 11.3 Å². The van der Waals surface area contributed by atoms with Gasteiger partial charge in [0.25, 0.3) is 0 Å². The predicted molar refractivity (Wildman–Crippen MR) is 81.4 cm³/mol. The lowest BCUT2D eigenvalue weighted by molar-refractivity contribution is 0.112. The van der Waals surface area contributed by atoms with E-state index in [2.05, 4.69) is 12.1 Å². The van der Waals surface area contributed by atoms with Gasteiger partial charge in [-0.05, 0) is 23.1 Å². The van der Waals surface area contributed by atoms with Crippen LogP contribution in [0, 0.1) is 6.92 Å². The van der Waals surface area contributed by atoms with Crippen molar-refractivity contribution in [1.29, 1.82) is 0 Å². The third-order valence-electron chi connectivity index (χ3n) is 3.91. The first-order valence-corrected chi connectivity index (χ1v) is 6.59. The van der Waals surface area contributed by atoms with Crippen LogP contribution in [-0.2, 0) is 0 Å². The molecule has 1 aromatic heterocycles. The molecule has 0 saturated heterocycles. The summed E-state index contributed by atoms with van der Waals surface area (Å²) in [6.45, 7) is 1.84. The standard InChI is InChI=1S/C18H12O2/c1-11-16(10-19)17-14-8-4-2-6-12(14)13-7-3-5-9-15(13)18(17)20-11/h2-10H,1H3. The first-order chi connectivity index (χ1) is 9.81. The average molecular weight is 260 g/mol. The molecule has 0 bridgehead atoms. The Hall–Kier alpha value is -2.61. The lowest BCUT2D eigenvalue weighted by Crippen LogP contribution is -1.83. The molecule has 0 spiro atoms. The van der Waals surface area contributed by atoms with Gasteiger partial charge in [-0.25, -0.2) is 0 Å². The van der Waals surface area contributed by atoms with Crippen LogP contribution in [0.2, 0.25) is 0 Å². The summed E-state index contributed by atoms with van der Waals surface area (Å²) in [5.41, 5.74) is 1.46. The van der Waals surface area contributed by atoms with Gasteiger partial charge >= 0.3 is 0 Å². The molecule has 4 rings (SSSR count). The highest BCUT2D eigenvalue weighted by atomic mass is 16.3. The number of fused-ring (bicyclic) bond motifs is 6. The molecule has 0 aliphatic rings. The summed E-state index contributed by atoms with van der Waals surface area (Å²) < 4.78 is 5.88. The van der Waals surface area contributed by atoms with Crippen LogP contribution in [0.25, 0.3) is 32.5 Å². The smallest absolute Gasteiger partial charge is 0.154 e. The van der Waals surface area contributed by atoms with Crippen molar-refractivity contribution in [2.24, 2.45) is 0 Å². The monoisotopic (exact) mass is 260 g/mol. The van der Waals surface area contributed by atoms with Crippen molar-refractivity contribution >= 4 is 38.8 Å². The SMILES string of the molecule is Cc1oc2c3ccccc3c3ccccc3c2c1C=O. The van der Waals surface area contributed by atoms with Gasteiger partial charge < -0.3 is 4.42 Å². The fourth-order valence-electron chi connectivity index (χ4n) is 3.01. The molecule has 0 atom stereocenters. The fourth-order valence-corrected chi connectivity index (χ4v) is 3.01. The van der Waals surface area contributed by atoms with Crippen molar-refractivity contribution in [2.45, 2.75) is 6.92 Å². The Kier molecular flexibility index (Phi) is 2.21. The van der Waals surface area contributed by atoms with Crippen molar-refractivity contribution in [3.8, 4) is 0 Å². The highest BCUT2D eigenvalue weighted by Gasteiger charge is 2.17. The summed E-state index contributed by atoms with van der Waals surface area (Å²) in [6, 6.07) is 16.3. The van der Waals surface area contributed by atoms with Gasteiger partial charge in [0.2, 0.25) is 0 Å². The predicted octanol–water partition coefficient (Wildman–Crippen LogP) is 4.86. The van der Waals surface area contributed by atoms with Crippen molar-refractivity contribution in [1.82, 2.24) is 0 Å². The molecule has 1 heterocycles. The summed E-state index contributed by atoms with van der Waals surface area (Å²) in [5, 5.41) is 5.35. The van der Waals surface area contributed by atoms with E-state index in [1.165, 1.54) is 0 Å². The van der Waals surface area contributed by atoms with E-state index in [1.807, 2.05) is 43.3 Å². The van der Waals surface area contributed by atoms with E-state index in [-0.39, 0.29) is 0 Å². The highest BCUT2D eigenvalue weighted by Crippen LogP contribution is 2.38. The van der Waals surface area contributed by atoms with E-state index in [1.54, 1.807) is 0 Å². The fraction of sp³-hybridized carbons (Fsp3) is 0.0556. The minimum Gasteiger partial charge on any atom is -0.460 e. The number of carbonyl (C=O) groups is 1. The van der Waals surface area contributed by atoms with E-state index in [9.17, 15) is 4.79 Å². The highest BCUT2D eigenvalue weighted by molar-refractivity contribution is 6.26. The zero-order valence-corrected chi connectivity index (χ0v) is 11.0. The van der Waals surface area contributed by atoms with E-state index in [0.29, 0.717) is 11.3 Å². The lowest BCUT2D eigenvalue weighted by atomic mass is 9.96. The Bertz CT molecular complexity index is 977. The number of benzene rings is 3. The van der Waals surface area contributed by atoms with Crippen molar-refractivity contribution in [3.05, 3.63) is 59.9 Å². The van der Waals surface area contributed by atoms with Gasteiger partial charge in [-0.2, -0.15) is 0 Å². The second kappa shape index (κ2) is 3.94. The Labute approximate surface area is 115 Å². The molecular weight excluding hydrogens is 248 g/mol. The average Bonchev–Trinajstić information content (AvgIpc) is 2.84. The summed E-state index contributed by atoms with van der Waals surface area (Å²) in [6.07, 6.45) is 0.891. The molecule has 2 heteroatoms. The topological polar surface area (TPSA) is 30.2 Å². The molecule has 2 nitrogen and oxygen atoms in total. The number of rotatable bonds is 1. The minimum absolute atomic E-state index is 0.655. The summed E-state index contributed by atoms with van der Waals surface area (Å²) in [5.74, 6) is 0.677. The third-order valence-corrected chi connectivity index (χ3v) is 3.91. The van der Waals surface area contributed by atoms with Crippen LogP contribution in [-0.4, -0.2) is 6.29 Å². The normalized spacial score (nSPS) is 11.4. The van der Waals surface area contributed by atoms with Gasteiger partial charge in [0.15, 0.2) is 6.29 Å². The van der Waals surface area contributed by atoms with Crippen molar-refractivity contribution in [2.75, 3.05) is 0 Å². The molecule has 0 aliphatic heterocycles. The molecule has 20 heavy (non-hydrogen) atoms. The van der Waals surface area contributed by atoms with Crippen LogP contribution >= 0.6 is 0 Å². The van der Waals surface area contributed by atoms with Crippen LogP contribution in [0.3, 0.4) is 0 Å². The molecule has 96 valence electrons. The van der Waals surface area contributed by atoms with Gasteiger partial charge in [-0.3, -0.25) is 4.79 Å². The number of carbonyl (C=O) groups excluding carboxylic acids is 1. The van der Waals surface area contributed by atoms with Crippen LogP contribution < -0.4 is 0 Å². The maximum absolute atomic E-state index is 11.4. The number of furan rings is 1. The number of aldehydes is 1. The molecule has 0 aliphatic carbocycles. The quantitative estimate of drug-likeness (QED) is 0.361. The Morgan fingerprint density at radius 2 is 1.40 bits per heavy atom. The van der Waals surface area contributed by atoms with Crippen molar-refractivity contribution < 1.29 is 9.21 Å². The van der Waals surface area contributed by atoms with Gasteiger partial charge in [0.05, 0.1) is 5.56 Å². The van der Waals surface area contributed by atoms with Crippen LogP contribution in [0.4, 0.5) is 0 Å². The second-order valence-electron chi connectivity index (χ2n) is 4.99. The molecule has 4 aromatic rings. The van der Waals surface area contributed by atoms with Crippen LogP contribution in [0.5, 0.6) is 0 Å². The first kappa shape index (κ1) is 11.2. The van der Waals surface area contributed by atoms with E-state index in [0.717, 1.165) is 38.8 Å². The van der Waals surface area contributed by atoms with Gasteiger partial charge in [0, 0.05) is 10.8 Å². The zero-order chi connectivity index (χ0) is 13.7. The van der Waals surface area contributed by atoms with Gasteiger partial charge in [-0.15, -0.1) is 0 Å². The number of hydrogen-bond donors (Lipinski definition) is 0. The molecule has 0 fully saturated rings. The van der Waals surface area contributed by atoms with Crippen LogP contribution in [0.15, 0.2) is 52.9 Å². The molecule has 0 N–H and O–H groups in total. The first-order valence-electron chi connectivity index (χ1n) is 6.59. The Balaban J connectivity index is 2.45. The summed E-state index contributed by atoms with van der Waals surface area (Å²) in [7, 11) is 0.